The van der Waals surface area contributed by atoms with Crippen LogP contribution in [0.3, 0.4) is 0 Å². The number of methoxy groups -OCH3 is 1. The van der Waals surface area contributed by atoms with Crippen LogP contribution in [0, 0.1) is 0 Å². The maximum absolute atomic E-state index is 5.55. The van der Waals surface area contributed by atoms with E-state index in [0.717, 1.165) is 11.4 Å². The lowest BCUT2D eigenvalue weighted by Gasteiger charge is -2.06. The first kappa shape index (κ1) is 13.1. The second-order valence-electron chi connectivity index (χ2n) is 3.16. The lowest BCUT2D eigenvalue weighted by atomic mass is 10.3. The molecule has 2 aromatic rings. The number of benzene rings is 1. The number of rotatable bonds is 3. The number of hydrogen-bond acceptors (Lipinski definition) is 5. The van der Waals surface area contributed by atoms with Crippen molar-refractivity contribution in [3.05, 3.63) is 36.5 Å². The molecule has 0 saturated heterocycles. The highest BCUT2D eigenvalue weighted by atomic mass is 35.5. The lowest BCUT2D eigenvalue weighted by molar-refractivity contribution is 0.415. The van der Waals surface area contributed by atoms with E-state index in [2.05, 4.69) is 15.3 Å². The summed E-state index contributed by atoms with van der Waals surface area (Å²) >= 11 is 0. The second-order valence-corrected chi connectivity index (χ2v) is 3.16. The maximum Gasteiger partial charge on any atom is 0.229 e. The minimum absolute atomic E-state index is 0. The third kappa shape index (κ3) is 3.49. The number of hydrogen-bond donors (Lipinski definition) is 2. The van der Waals surface area contributed by atoms with Crippen molar-refractivity contribution >= 4 is 29.9 Å². The van der Waals surface area contributed by atoms with E-state index < -0.39 is 0 Å². The molecule has 0 bridgehead atoms. The number of ether oxygens (including phenoxy) is 1. The van der Waals surface area contributed by atoms with Gasteiger partial charge < -0.3 is 15.8 Å². The standard InChI is InChI=1S/C11H12N4O.ClH/c1-16-9-4-2-3-8(7-9)14-11-13-6-5-10(12)15-11;/h2-7H,1H3,(H3,12,13,14,15);1H. The van der Waals surface area contributed by atoms with Crippen molar-refractivity contribution in [3.63, 3.8) is 0 Å². The van der Waals surface area contributed by atoms with Gasteiger partial charge in [0.25, 0.3) is 0 Å². The number of anilines is 3. The average molecular weight is 253 g/mol. The van der Waals surface area contributed by atoms with Gasteiger partial charge in [0.15, 0.2) is 0 Å². The Kier molecular flexibility index (Phi) is 4.54. The lowest BCUT2D eigenvalue weighted by Crippen LogP contribution is -1.99. The van der Waals surface area contributed by atoms with Crippen LogP contribution >= 0.6 is 12.4 Å². The number of nitrogens with one attached hydrogen (secondary N) is 1. The summed E-state index contributed by atoms with van der Waals surface area (Å²) in [6.07, 6.45) is 1.60. The third-order valence-corrected chi connectivity index (χ3v) is 2.00. The Morgan fingerprint density at radius 2 is 2.12 bits per heavy atom. The van der Waals surface area contributed by atoms with Crippen molar-refractivity contribution in [2.24, 2.45) is 0 Å². The fourth-order valence-corrected chi connectivity index (χ4v) is 1.26. The van der Waals surface area contributed by atoms with Gasteiger partial charge in [-0.25, -0.2) is 4.98 Å². The first-order chi connectivity index (χ1) is 7.78. The Morgan fingerprint density at radius 1 is 1.29 bits per heavy atom. The normalized spacial score (nSPS) is 9.24. The zero-order chi connectivity index (χ0) is 11.4. The molecule has 0 aliphatic rings. The van der Waals surface area contributed by atoms with E-state index in [1.807, 2.05) is 24.3 Å². The van der Waals surface area contributed by atoms with Crippen molar-refractivity contribution in [2.75, 3.05) is 18.2 Å². The molecule has 0 amide bonds. The van der Waals surface area contributed by atoms with Crippen molar-refractivity contribution < 1.29 is 4.74 Å². The number of aromatic nitrogens is 2. The van der Waals surface area contributed by atoms with Crippen molar-refractivity contribution in [2.45, 2.75) is 0 Å². The van der Waals surface area contributed by atoms with Gasteiger partial charge in [-0.1, -0.05) is 6.07 Å². The Balaban J connectivity index is 0.00000144. The number of nitrogen functional groups attached to an aromatic ring is 1. The first-order valence-corrected chi connectivity index (χ1v) is 4.77. The first-order valence-electron chi connectivity index (χ1n) is 4.77. The molecule has 0 radical (unpaired) electrons. The molecule has 0 aliphatic heterocycles. The smallest absolute Gasteiger partial charge is 0.229 e. The van der Waals surface area contributed by atoms with E-state index in [1.165, 1.54) is 0 Å². The van der Waals surface area contributed by atoms with E-state index in [9.17, 15) is 0 Å². The molecule has 0 aliphatic carbocycles. The number of halogens is 1. The quantitative estimate of drug-likeness (QED) is 0.876. The topological polar surface area (TPSA) is 73.1 Å². The van der Waals surface area contributed by atoms with Crippen LogP contribution < -0.4 is 15.8 Å². The molecule has 0 atom stereocenters. The van der Waals surface area contributed by atoms with E-state index in [0.29, 0.717) is 11.8 Å². The summed E-state index contributed by atoms with van der Waals surface area (Å²) < 4.78 is 5.11. The zero-order valence-corrected chi connectivity index (χ0v) is 10.1. The Hall–Kier alpha value is -2.01. The Bertz CT molecular complexity index is 492. The summed E-state index contributed by atoms with van der Waals surface area (Å²) in [5.41, 5.74) is 6.40. The average Bonchev–Trinajstić information content (AvgIpc) is 2.29. The molecular weight excluding hydrogens is 240 g/mol. The predicted octanol–water partition coefficient (Wildman–Crippen LogP) is 2.23. The zero-order valence-electron chi connectivity index (χ0n) is 9.25. The van der Waals surface area contributed by atoms with Gasteiger partial charge in [0, 0.05) is 18.0 Å². The van der Waals surface area contributed by atoms with Gasteiger partial charge in [-0.05, 0) is 18.2 Å². The second kappa shape index (κ2) is 5.91. The molecular formula is C11H13ClN4O. The van der Waals surface area contributed by atoms with Crippen molar-refractivity contribution in [3.8, 4) is 5.75 Å². The van der Waals surface area contributed by atoms with Crippen LogP contribution in [0.5, 0.6) is 5.75 Å². The molecule has 5 nitrogen and oxygen atoms in total. The molecule has 0 fully saturated rings. The van der Waals surface area contributed by atoms with Crippen LogP contribution in [0.25, 0.3) is 0 Å². The highest BCUT2D eigenvalue weighted by Gasteiger charge is 1.99. The fraction of sp³-hybridized carbons (Fsp3) is 0.0909. The van der Waals surface area contributed by atoms with Crippen LogP contribution in [0.1, 0.15) is 0 Å². The Labute approximate surface area is 105 Å². The Morgan fingerprint density at radius 3 is 2.82 bits per heavy atom. The molecule has 17 heavy (non-hydrogen) atoms. The largest absolute Gasteiger partial charge is 0.497 e. The monoisotopic (exact) mass is 252 g/mol. The maximum atomic E-state index is 5.55. The van der Waals surface area contributed by atoms with Gasteiger partial charge in [0.1, 0.15) is 11.6 Å². The van der Waals surface area contributed by atoms with Gasteiger partial charge in [-0.15, -0.1) is 12.4 Å². The van der Waals surface area contributed by atoms with Gasteiger partial charge >= 0.3 is 0 Å². The summed E-state index contributed by atoms with van der Waals surface area (Å²) in [5, 5.41) is 3.04. The highest BCUT2D eigenvalue weighted by Crippen LogP contribution is 2.19. The summed E-state index contributed by atoms with van der Waals surface area (Å²) in [6, 6.07) is 9.14. The van der Waals surface area contributed by atoms with E-state index in [-0.39, 0.29) is 12.4 Å². The molecule has 1 aromatic heterocycles. The van der Waals surface area contributed by atoms with Gasteiger partial charge in [-0.2, -0.15) is 4.98 Å². The minimum atomic E-state index is 0. The molecule has 1 heterocycles. The fourth-order valence-electron chi connectivity index (χ4n) is 1.26. The van der Waals surface area contributed by atoms with Crippen molar-refractivity contribution in [1.82, 2.24) is 9.97 Å². The summed E-state index contributed by atoms with van der Waals surface area (Å²) in [6.45, 7) is 0. The van der Waals surface area contributed by atoms with Gasteiger partial charge in [0.2, 0.25) is 5.95 Å². The third-order valence-electron chi connectivity index (χ3n) is 2.00. The molecule has 0 saturated carbocycles. The van der Waals surface area contributed by atoms with Crippen LogP contribution in [-0.2, 0) is 0 Å². The summed E-state index contributed by atoms with van der Waals surface area (Å²) in [7, 11) is 1.62. The van der Waals surface area contributed by atoms with E-state index >= 15 is 0 Å². The molecule has 90 valence electrons. The molecule has 1 aromatic carbocycles. The summed E-state index contributed by atoms with van der Waals surface area (Å²) in [4.78, 5) is 8.09. The van der Waals surface area contributed by atoms with Crippen LogP contribution in [-0.4, -0.2) is 17.1 Å². The van der Waals surface area contributed by atoms with Crippen LogP contribution in [0.15, 0.2) is 36.5 Å². The molecule has 0 spiro atoms. The van der Waals surface area contributed by atoms with E-state index in [4.69, 9.17) is 10.5 Å². The SMILES string of the molecule is COc1cccc(Nc2nccc(N)n2)c1.Cl. The van der Waals surface area contributed by atoms with Crippen LogP contribution in [0.2, 0.25) is 0 Å². The highest BCUT2D eigenvalue weighted by molar-refractivity contribution is 5.85. The molecule has 3 N–H and O–H groups in total. The summed E-state index contributed by atoms with van der Waals surface area (Å²) in [5.74, 6) is 1.67. The van der Waals surface area contributed by atoms with Crippen molar-refractivity contribution in [1.29, 1.82) is 0 Å². The predicted molar refractivity (Wildman–Crippen MR) is 70.0 cm³/mol. The minimum Gasteiger partial charge on any atom is -0.497 e. The molecule has 0 unspecified atom stereocenters. The molecule has 2 rings (SSSR count). The van der Waals surface area contributed by atoms with E-state index in [1.54, 1.807) is 19.4 Å². The number of nitrogens with two attached hydrogens (primary N) is 1. The van der Waals surface area contributed by atoms with Crippen LogP contribution in [0.4, 0.5) is 17.5 Å². The molecule has 6 heteroatoms. The van der Waals surface area contributed by atoms with Gasteiger partial charge in [0.05, 0.1) is 7.11 Å². The van der Waals surface area contributed by atoms with Gasteiger partial charge in [-0.3, -0.25) is 0 Å². The number of nitrogens with zero attached hydrogens (tertiary/aromatic N) is 2.